The number of hydrogen-bond donors (Lipinski definition) is 2. The molecule has 0 atom stereocenters. The molecular weight excluding hydrogens is 288 g/mol. The summed E-state index contributed by atoms with van der Waals surface area (Å²) in [7, 11) is 1.82. The quantitative estimate of drug-likeness (QED) is 0.494. The van der Waals surface area contributed by atoms with Crippen LogP contribution >= 0.6 is 0 Å². The van der Waals surface area contributed by atoms with Gasteiger partial charge >= 0.3 is 0 Å². The van der Waals surface area contributed by atoms with Crippen LogP contribution in [0.25, 0.3) is 0 Å². The highest BCUT2D eigenvalue weighted by atomic mass is 16.1. The van der Waals surface area contributed by atoms with Gasteiger partial charge in [0.15, 0.2) is 5.96 Å². The lowest BCUT2D eigenvalue weighted by atomic mass is 10.0. The van der Waals surface area contributed by atoms with Gasteiger partial charge in [0.05, 0.1) is 0 Å². The van der Waals surface area contributed by atoms with Crippen LogP contribution in [0, 0.1) is 0 Å². The van der Waals surface area contributed by atoms with Gasteiger partial charge in [0.1, 0.15) is 0 Å². The first-order chi connectivity index (χ1) is 11.3. The fourth-order valence-corrected chi connectivity index (χ4v) is 2.99. The molecule has 23 heavy (non-hydrogen) atoms. The third-order valence-electron chi connectivity index (χ3n) is 4.45. The lowest BCUT2D eigenvalue weighted by molar-refractivity contribution is -0.121. The Morgan fingerprint density at radius 2 is 2.09 bits per heavy atom. The van der Waals surface area contributed by atoms with Gasteiger partial charge in [0, 0.05) is 39.1 Å². The number of nitrogens with one attached hydrogen (secondary N) is 2. The second-order valence-corrected chi connectivity index (χ2v) is 6.36. The number of carbonyl (C=O) groups is 1. The maximum Gasteiger partial charge on any atom is 0.220 e. The van der Waals surface area contributed by atoms with E-state index in [0.29, 0.717) is 12.5 Å². The Morgan fingerprint density at radius 3 is 2.83 bits per heavy atom. The molecule has 1 saturated carbocycles. The largest absolute Gasteiger partial charge is 0.356 e. The Labute approximate surface area is 138 Å². The average molecular weight is 314 g/mol. The number of fused-ring (bicyclic) bond motifs is 1. The molecule has 1 amide bonds. The average Bonchev–Trinajstić information content (AvgIpc) is 3.38. The van der Waals surface area contributed by atoms with Crippen molar-refractivity contribution in [1.82, 2.24) is 15.5 Å². The number of nitrogens with zero attached hydrogens (tertiary/aromatic N) is 2. The zero-order chi connectivity index (χ0) is 16.1. The molecule has 1 aliphatic heterocycles. The third kappa shape index (κ3) is 4.47. The van der Waals surface area contributed by atoms with Crippen molar-refractivity contribution in [2.24, 2.45) is 4.99 Å². The first kappa shape index (κ1) is 15.8. The second-order valence-electron chi connectivity index (χ2n) is 6.36. The second kappa shape index (κ2) is 7.49. The molecule has 5 heteroatoms. The summed E-state index contributed by atoms with van der Waals surface area (Å²) in [6.45, 7) is 2.67. The monoisotopic (exact) mass is 314 g/mol. The van der Waals surface area contributed by atoms with E-state index in [4.69, 9.17) is 0 Å². The Balaban J connectivity index is 1.42. The summed E-state index contributed by atoms with van der Waals surface area (Å²) < 4.78 is 0. The number of amides is 1. The lowest BCUT2D eigenvalue weighted by Gasteiger charge is -2.31. The minimum absolute atomic E-state index is 0.177. The van der Waals surface area contributed by atoms with E-state index in [1.54, 1.807) is 0 Å². The number of aliphatic imine (C=N–C) groups is 1. The summed E-state index contributed by atoms with van der Waals surface area (Å²) in [5.41, 5.74) is 2.82. The van der Waals surface area contributed by atoms with Gasteiger partial charge in [-0.3, -0.25) is 9.79 Å². The van der Waals surface area contributed by atoms with Gasteiger partial charge in [-0.1, -0.05) is 24.3 Å². The van der Waals surface area contributed by atoms with Gasteiger partial charge in [-0.05, 0) is 36.8 Å². The Hall–Kier alpha value is -2.04. The van der Waals surface area contributed by atoms with Crippen molar-refractivity contribution in [3.63, 3.8) is 0 Å². The molecule has 1 aromatic carbocycles. The van der Waals surface area contributed by atoms with Crippen molar-refractivity contribution < 1.29 is 4.79 Å². The Bertz CT molecular complexity index is 580. The Kier molecular flexibility index (Phi) is 5.16. The van der Waals surface area contributed by atoms with Crippen LogP contribution in [0.4, 0.5) is 0 Å². The van der Waals surface area contributed by atoms with Crippen LogP contribution < -0.4 is 10.6 Å². The normalized spacial score (nSPS) is 17.6. The predicted octanol–water partition coefficient (Wildman–Crippen LogP) is 1.68. The van der Waals surface area contributed by atoms with E-state index in [1.807, 2.05) is 7.05 Å². The molecule has 0 saturated heterocycles. The van der Waals surface area contributed by atoms with Gasteiger partial charge in [0.2, 0.25) is 5.91 Å². The van der Waals surface area contributed by atoms with E-state index in [0.717, 1.165) is 51.3 Å². The summed E-state index contributed by atoms with van der Waals surface area (Å²) in [6, 6.07) is 9.06. The number of carbonyl (C=O) groups excluding carboxylic acids is 1. The molecule has 5 nitrogen and oxygen atoms in total. The summed E-state index contributed by atoms with van der Waals surface area (Å²) >= 11 is 0. The standard InChI is InChI=1S/C18H26N4O/c1-19-18(20-11-4-7-17(23)21-16-8-9-16)22-12-10-14-5-2-3-6-15(14)13-22/h2-3,5-6,16H,4,7-13H2,1H3,(H,19,20)(H,21,23). The highest BCUT2D eigenvalue weighted by Gasteiger charge is 2.23. The maximum absolute atomic E-state index is 11.7. The maximum atomic E-state index is 11.7. The molecular formula is C18H26N4O. The lowest BCUT2D eigenvalue weighted by Crippen LogP contribution is -2.44. The molecule has 0 unspecified atom stereocenters. The van der Waals surface area contributed by atoms with Gasteiger partial charge in [-0.15, -0.1) is 0 Å². The summed E-state index contributed by atoms with van der Waals surface area (Å²) in [5.74, 6) is 1.11. The molecule has 1 heterocycles. The van der Waals surface area contributed by atoms with Crippen LogP contribution in [0.2, 0.25) is 0 Å². The van der Waals surface area contributed by atoms with Crippen molar-refractivity contribution in [2.75, 3.05) is 20.1 Å². The predicted molar refractivity (Wildman–Crippen MR) is 92.3 cm³/mol. The summed E-state index contributed by atoms with van der Waals surface area (Å²) in [6.07, 6.45) is 4.77. The molecule has 124 valence electrons. The van der Waals surface area contributed by atoms with Gasteiger partial charge < -0.3 is 15.5 Å². The zero-order valence-electron chi connectivity index (χ0n) is 13.8. The van der Waals surface area contributed by atoms with Crippen LogP contribution in [0.15, 0.2) is 29.3 Å². The Morgan fingerprint density at radius 1 is 1.30 bits per heavy atom. The molecule has 2 aliphatic rings. The van der Waals surface area contributed by atoms with Crippen molar-refractivity contribution in [3.05, 3.63) is 35.4 Å². The highest BCUT2D eigenvalue weighted by Crippen LogP contribution is 2.19. The number of rotatable bonds is 5. The minimum Gasteiger partial charge on any atom is -0.356 e. The van der Waals surface area contributed by atoms with Gasteiger partial charge in [0.25, 0.3) is 0 Å². The van der Waals surface area contributed by atoms with Crippen molar-refractivity contribution in [2.45, 2.75) is 44.7 Å². The van der Waals surface area contributed by atoms with Gasteiger partial charge in [-0.2, -0.15) is 0 Å². The van der Waals surface area contributed by atoms with Crippen LogP contribution in [0.5, 0.6) is 0 Å². The van der Waals surface area contributed by atoms with E-state index in [2.05, 4.69) is 44.8 Å². The van der Waals surface area contributed by atoms with Gasteiger partial charge in [-0.25, -0.2) is 0 Å². The molecule has 0 spiro atoms. The van der Waals surface area contributed by atoms with Crippen LogP contribution in [0.3, 0.4) is 0 Å². The smallest absolute Gasteiger partial charge is 0.220 e. The molecule has 2 N–H and O–H groups in total. The molecule has 3 rings (SSSR count). The van der Waals surface area contributed by atoms with Crippen molar-refractivity contribution >= 4 is 11.9 Å². The molecule has 1 aromatic rings. The zero-order valence-corrected chi connectivity index (χ0v) is 13.8. The molecule has 0 radical (unpaired) electrons. The van der Waals surface area contributed by atoms with E-state index >= 15 is 0 Å². The van der Waals surface area contributed by atoms with Crippen LogP contribution in [-0.2, 0) is 17.8 Å². The molecule has 0 aromatic heterocycles. The molecule has 0 bridgehead atoms. The van der Waals surface area contributed by atoms with E-state index in [-0.39, 0.29) is 5.91 Å². The fraction of sp³-hybridized carbons (Fsp3) is 0.556. The highest BCUT2D eigenvalue weighted by molar-refractivity contribution is 5.80. The first-order valence-electron chi connectivity index (χ1n) is 8.58. The minimum atomic E-state index is 0.177. The van der Waals surface area contributed by atoms with Crippen LogP contribution in [0.1, 0.15) is 36.8 Å². The first-order valence-corrected chi connectivity index (χ1v) is 8.58. The summed E-state index contributed by atoms with van der Waals surface area (Å²) in [4.78, 5) is 18.3. The van der Waals surface area contributed by atoms with Crippen molar-refractivity contribution in [3.8, 4) is 0 Å². The molecule has 1 aliphatic carbocycles. The SMILES string of the molecule is CN=C(NCCCC(=O)NC1CC1)N1CCc2ccccc2C1. The van der Waals surface area contributed by atoms with E-state index in [1.165, 1.54) is 11.1 Å². The van der Waals surface area contributed by atoms with Crippen LogP contribution in [-0.4, -0.2) is 42.9 Å². The topological polar surface area (TPSA) is 56.7 Å². The van der Waals surface area contributed by atoms with E-state index in [9.17, 15) is 4.79 Å². The number of hydrogen-bond acceptors (Lipinski definition) is 2. The van der Waals surface area contributed by atoms with E-state index < -0.39 is 0 Å². The third-order valence-corrected chi connectivity index (χ3v) is 4.45. The number of guanidine groups is 1. The molecule has 1 fully saturated rings. The van der Waals surface area contributed by atoms with Crippen molar-refractivity contribution in [1.29, 1.82) is 0 Å². The summed E-state index contributed by atoms with van der Waals surface area (Å²) in [5, 5.41) is 6.41. The number of benzene rings is 1. The fourth-order valence-electron chi connectivity index (χ4n) is 2.99.